The number of nitrogens with zero attached hydrogens (tertiary/aromatic N) is 5. The summed E-state index contributed by atoms with van der Waals surface area (Å²) in [6.45, 7) is 0.0403. The first-order chi connectivity index (χ1) is 16.4. The Labute approximate surface area is 198 Å². The zero-order valence-electron chi connectivity index (χ0n) is 18.8. The lowest BCUT2D eigenvalue weighted by Gasteiger charge is -2.13. The number of para-hydroxylation sites is 1. The van der Waals surface area contributed by atoms with Crippen molar-refractivity contribution in [3.63, 3.8) is 0 Å². The van der Waals surface area contributed by atoms with Crippen LogP contribution in [0, 0.1) is 5.82 Å². The van der Waals surface area contributed by atoms with E-state index in [2.05, 4.69) is 10.2 Å². The van der Waals surface area contributed by atoms with Gasteiger partial charge in [0.15, 0.2) is 11.0 Å². The molecule has 2 aromatic heterocycles. The Morgan fingerprint density at radius 1 is 0.971 bits per heavy atom. The Morgan fingerprint density at radius 2 is 1.68 bits per heavy atom. The molecule has 0 bridgehead atoms. The molecule has 0 aliphatic carbocycles. The molecule has 4 rings (SSSR count). The largest absolute Gasteiger partial charge is 0.497 e. The number of ether oxygens (including phenoxy) is 2. The fourth-order valence-electron chi connectivity index (χ4n) is 3.24. The lowest BCUT2D eigenvalue weighted by molar-refractivity contribution is 0.292. The molecule has 0 aliphatic heterocycles. The average molecular weight is 484 g/mol. The van der Waals surface area contributed by atoms with Crippen LogP contribution in [0.25, 0.3) is 5.69 Å². The zero-order valence-corrected chi connectivity index (χ0v) is 19.6. The van der Waals surface area contributed by atoms with Crippen molar-refractivity contribution in [3.8, 4) is 17.2 Å². The Balaban J connectivity index is 1.64. The number of methoxy groups -OCH3 is 1. The Morgan fingerprint density at radius 3 is 2.38 bits per heavy atom. The van der Waals surface area contributed by atoms with Gasteiger partial charge in [-0.05, 0) is 36.4 Å². The predicted molar refractivity (Wildman–Crippen MR) is 125 cm³/mol. The van der Waals surface area contributed by atoms with Crippen molar-refractivity contribution >= 4 is 11.8 Å². The maximum atomic E-state index is 14.7. The van der Waals surface area contributed by atoms with Crippen molar-refractivity contribution in [1.82, 2.24) is 23.9 Å². The van der Waals surface area contributed by atoms with E-state index in [0.29, 0.717) is 28.2 Å². The monoisotopic (exact) mass is 483 g/mol. The third kappa shape index (κ3) is 4.74. The van der Waals surface area contributed by atoms with Crippen molar-refractivity contribution in [2.24, 2.45) is 14.1 Å². The van der Waals surface area contributed by atoms with Crippen LogP contribution >= 0.6 is 11.8 Å². The van der Waals surface area contributed by atoms with Gasteiger partial charge in [-0.3, -0.25) is 18.5 Å². The van der Waals surface area contributed by atoms with E-state index in [-0.39, 0.29) is 18.0 Å². The molecule has 0 saturated heterocycles. The van der Waals surface area contributed by atoms with E-state index in [1.54, 1.807) is 61.2 Å². The molecule has 9 nitrogen and oxygen atoms in total. The highest BCUT2D eigenvalue weighted by Gasteiger charge is 2.19. The van der Waals surface area contributed by atoms with Crippen LogP contribution in [-0.4, -0.2) is 31.0 Å². The zero-order chi connectivity index (χ0) is 24.2. The number of hydrogen-bond acceptors (Lipinski definition) is 7. The molecular weight excluding hydrogens is 461 g/mol. The number of hydrogen-bond donors (Lipinski definition) is 0. The summed E-state index contributed by atoms with van der Waals surface area (Å²) in [4.78, 5) is 24.3. The number of thioether (sulfide) groups is 1. The molecule has 0 amide bonds. The first-order valence-corrected chi connectivity index (χ1v) is 11.2. The summed E-state index contributed by atoms with van der Waals surface area (Å²) in [7, 11) is 4.59. The van der Waals surface area contributed by atoms with Gasteiger partial charge in [-0.2, -0.15) is 0 Å². The van der Waals surface area contributed by atoms with Crippen LogP contribution in [0.5, 0.6) is 11.5 Å². The summed E-state index contributed by atoms with van der Waals surface area (Å²) in [5.74, 6) is 1.49. The van der Waals surface area contributed by atoms with Crippen LogP contribution < -0.4 is 20.7 Å². The van der Waals surface area contributed by atoms with Crippen LogP contribution in [0.15, 0.2) is 69.3 Å². The molecule has 176 valence electrons. The number of aromatic nitrogens is 5. The first kappa shape index (κ1) is 23.3. The first-order valence-electron chi connectivity index (χ1n) is 10.2. The van der Waals surface area contributed by atoms with E-state index in [1.807, 2.05) is 0 Å². The minimum Gasteiger partial charge on any atom is -0.497 e. The molecule has 0 radical (unpaired) electrons. The van der Waals surface area contributed by atoms with Gasteiger partial charge >= 0.3 is 5.69 Å². The molecule has 0 saturated carbocycles. The quantitative estimate of drug-likeness (QED) is 0.356. The van der Waals surface area contributed by atoms with Gasteiger partial charge in [-0.1, -0.05) is 23.9 Å². The van der Waals surface area contributed by atoms with Gasteiger partial charge < -0.3 is 9.47 Å². The summed E-state index contributed by atoms with van der Waals surface area (Å²) in [6.07, 6.45) is 0. The van der Waals surface area contributed by atoms with Crippen LogP contribution in [-0.2, 0) is 26.5 Å². The lowest BCUT2D eigenvalue weighted by Crippen LogP contribution is -2.37. The molecule has 2 heterocycles. The molecule has 0 N–H and O–H groups in total. The van der Waals surface area contributed by atoms with Gasteiger partial charge in [0.1, 0.15) is 23.9 Å². The molecule has 0 fully saturated rings. The van der Waals surface area contributed by atoms with Crippen molar-refractivity contribution < 1.29 is 13.9 Å². The summed E-state index contributed by atoms with van der Waals surface area (Å²) >= 11 is 1.23. The maximum Gasteiger partial charge on any atom is 0.330 e. The maximum absolute atomic E-state index is 14.7. The topological polar surface area (TPSA) is 93.2 Å². The van der Waals surface area contributed by atoms with Gasteiger partial charge in [0.2, 0.25) is 0 Å². The lowest BCUT2D eigenvalue weighted by atomic mass is 10.3. The minimum absolute atomic E-state index is 0.0403. The van der Waals surface area contributed by atoms with E-state index >= 15 is 0 Å². The standard InChI is InChI=1S/C23H22FN5O4S/c1-27-15(12-21(30)28(2)23(27)31)14-34-22-26-25-20(29(22)19-7-5-4-6-18(19)24)13-33-17-10-8-16(32-3)9-11-17/h4-12H,13-14H2,1-3H3. The molecule has 0 aliphatic rings. The second-order valence-electron chi connectivity index (χ2n) is 7.31. The van der Waals surface area contributed by atoms with E-state index in [9.17, 15) is 14.0 Å². The van der Waals surface area contributed by atoms with Crippen molar-refractivity contribution in [1.29, 1.82) is 0 Å². The fraction of sp³-hybridized carbons (Fsp3) is 0.217. The summed E-state index contributed by atoms with van der Waals surface area (Å²) in [6, 6.07) is 14.7. The van der Waals surface area contributed by atoms with Gasteiger partial charge in [0, 0.05) is 31.6 Å². The molecule has 0 spiro atoms. The van der Waals surface area contributed by atoms with Crippen molar-refractivity contribution in [3.05, 3.63) is 92.8 Å². The number of rotatable bonds is 8. The highest BCUT2D eigenvalue weighted by Crippen LogP contribution is 2.27. The van der Waals surface area contributed by atoms with Gasteiger partial charge in [0.25, 0.3) is 5.56 Å². The normalized spacial score (nSPS) is 10.9. The smallest absolute Gasteiger partial charge is 0.330 e. The molecule has 11 heteroatoms. The van der Waals surface area contributed by atoms with Gasteiger partial charge in [-0.25, -0.2) is 9.18 Å². The number of halogens is 1. The molecule has 34 heavy (non-hydrogen) atoms. The summed E-state index contributed by atoms with van der Waals surface area (Å²) < 4.78 is 29.7. The third-order valence-electron chi connectivity index (χ3n) is 5.20. The molecular formula is C23H22FN5O4S. The second kappa shape index (κ2) is 9.96. The third-order valence-corrected chi connectivity index (χ3v) is 6.16. The summed E-state index contributed by atoms with van der Waals surface area (Å²) in [5, 5.41) is 8.82. The van der Waals surface area contributed by atoms with Gasteiger partial charge in [-0.15, -0.1) is 10.2 Å². The van der Waals surface area contributed by atoms with E-state index in [4.69, 9.17) is 9.47 Å². The fourth-order valence-corrected chi connectivity index (χ4v) is 4.22. The second-order valence-corrected chi connectivity index (χ2v) is 8.26. The van der Waals surface area contributed by atoms with Crippen LogP contribution in [0.3, 0.4) is 0 Å². The van der Waals surface area contributed by atoms with E-state index in [0.717, 1.165) is 4.57 Å². The van der Waals surface area contributed by atoms with Crippen LogP contribution in [0.4, 0.5) is 4.39 Å². The highest BCUT2D eigenvalue weighted by molar-refractivity contribution is 7.98. The Hall–Kier alpha value is -3.86. The average Bonchev–Trinajstić information content (AvgIpc) is 3.26. The van der Waals surface area contributed by atoms with E-state index < -0.39 is 17.1 Å². The van der Waals surface area contributed by atoms with Crippen LogP contribution in [0.1, 0.15) is 11.5 Å². The number of benzene rings is 2. The highest BCUT2D eigenvalue weighted by atomic mass is 32.2. The Kier molecular flexibility index (Phi) is 6.82. The predicted octanol–water partition coefficient (Wildman–Crippen LogP) is 2.68. The summed E-state index contributed by atoms with van der Waals surface area (Å²) in [5.41, 5.74) is -0.0477. The molecule has 2 aromatic carbocycles. The van der Waals surface area contributed by atoms with Crippen LogP contribution in [0.2, 0.25) is 0 Å². The Bertz CT molecular complexity index is 1430. The van der Waals surface area contributed by atoms with E-state index in [1.165, 1.54) is 35.5 Å². The van der Waals surface area contributed by atoms with Gasteiger partial charge in [0.05, 0.1) is 12.8 Å². The minimum atomic E-state index is -0.448. The molecule has 4 aromatic rings. The molecule has 0 unspecified atom stereocenters. The SMILES string of the molecule is COc1ccc(OCc2nnc(SCc3cc(=O)n(C)c(=O)n3C)n2-c2ccccc2F)cc1. The van der Waals surface area contributed by atoms with Crippen molar-refractivity contribution in [2.45, 2.75) is 17.5 Å². The van der Waals surface area contributed by atoms with Crippen molar-refractivity contribution in [2.75, 3.05) is 7.11 Å². The molecule has 0 atom stereocenters.